The van der Waals surface area contributed by atoms with Gasteiger partial charge < -0.3 is 29.1 Å². The number of dihydropyridines is 2. The second kappa shape index (κ2) is 25.3. The minimum Gasteiger partial charge on any atom is -1.00 e. The van der Waals surface area contributed by atoms with Gasteiger partial charge in [-0.15, -0.1) is 6.54 Å². The molecule has 51 heavy (non-hydrogen) atoms. The van der Waals surface area contributed by atoms with Crippen molar-refractivity contribution < 1.29 is 12.4 Å². The Kier molecular flexibility index (Phi) is 24.9. The number of rotatable bonds is 17. The molecule has 0 aromatic heterocycles. The first-order valence-electron chi connectivity index (χ1n) is 18.8. The summed E-state index contributed by atoms with van der Waals surface area (Å²) in [4.78, 5) is 26.9. The van der Waals surface area contributed by atoms with Crippen molar-refractivity contribution in [3.63, 3.8) is 0 Å². The Hall–Kier alpha value is -0.845. The SMILES string of the molecule is C.CCN(CCCC(C)N(C)C1=CC=NC2C=CC=CC12)[CH](C)[119Sn]([CH3])([CH3])[CH3].[CH2-]CN(CC)CCCC(C)N(C)C1=CC=NC2C=CC=CC12.[Cl-].[Mg+2]. The summed E-state index contributed by atoms with van der Waals surface area (Å²) in [6.45, 7) is 21.2. The number of hydrogen-bond donors (Lipinski definition) is 0. The van der Waals surface area contributed by atoms with E-state index in [1.165, 1.54) is 50.2 Å². The Morgan fingerprint density at radius 2 is 1.16 bits per heavy atom. The van der Waals surface area contributed by atoms with Crippen LogP contribution in [-0.4, -0.2) is 149 Å². The number of halogens is 1. The number of nitrogens with zero attached hydrogens (tertiary/aromatic N) is 6. The molecule has 2 aliphatic heterocycles. The molecule has 7 atom stereocenters. The zero-order valence-corrected chi connectivity index (χ0v) is 38.3. The van der Waals surface area contributed by atoms with E-state index in [4.69, 9.17) is 0 Å². The standard InChI is InChI=1S/2C19H30N3.CH4.3CH3.ClH.Mg.Sn/c2*1-5-22(6-2)15-9-10-16(3)21(4)19-13-14-20-18-12-8-7-11-17(18)19;;;;;;;/h5,7-8,11-14,16-18H,6,9-10,15H2,1-4H3;7-8,11-14,16-18H,1,5-6,9-10,15H2,2-4H3;1H4;3*1H3;1H;;/q;-1;;;;;;+2;/p-1/i;;;;;;;;1+0. The van der Waals surface area contributed by atoms with Gasteiger partial charge in [-0.3, -0.25) is 4.99 Å². The summed E-state index contributed by atoms with van der Waals surface area (Å²) in [5.74, 6) is 0.800. The maximum Gasteiger partial charge on any atom is 2.00 e. The van der Waals surface area contributed by atoms with E-state index < -0.39 is 18.4 Å². The zero-order valence-electron chi connectivity index (χ0n) is 33.3. The van der Waals surface area contributed by atoms with Crippen molar-refractivity contribution in [2.24, 2.45) is 21.8 Å². The summed E-state index contributed by atoms with van der Waals surface area (Å²) in [7, 11) is 4.47. The largest absolute Gasteiger partial charge is 2.00 e. The van der Waals surface area contributed by atoms with Crippen LogP contribution in [0.1, 0.15) is 67.7 Å². The van der Waals surface area contributed by atoms with E-state index in [1.807, 2.05) is 12.4 Å². The van der Waals surface area contributed by atoms with Gasteiger partial charge in [0.05, 0.1) is 6.04 Å². The van der Waals surface area contributed by atoms with E-state index in [1.54, 1.807) is 0 Å². The zero-order chi connectivity index (χ0) is 35.3. The minimum absolute atomic E-state index is 0. The molecule has 0 saturated heterocycles. The van der Waals surface area contributed by atoms with Gasteiger partial charge in [0.1, 0.15) is 0 Å². The Morgan fingerprint density at radius 1 is 0.725 bits per heavy atom. The van der Waals surface area contributed by atoms with Gasteiger partial charge in [0.25, 0.3) is 0 Å². The van der Waals surface area contributed by atoms with E-state index in [2.05, 4.69) is 161 Å². The molecule has 0 aromatic rings. The molecule has 0 amide bonds. The van der Waals surface area contributed by atoms with Crippen molar-refractivity contribution in [2.45, 2.75) is 111 Å². The molecule has 0 aromatic carbocycles. The molecule has 4 rings (SSSR count). The Balaban J connectivity index is 0.000000937. The first-order chi connectivity index (χ1) is 22.9. The monoisotopic (exact) mass is 839 g/mol. The smallest absolute Gasteiger partial charge is 1.00 e. The Bertz CT molecular complexity index is 1230. The molecule has 6 nitrogen and oxygen atoms in total. The van der Waals surface area contributed by atoms with Crippen molar-refractivity contribution in [3.05, 3.63) is 79.1 Å². The molecule has 0 fully saturated rings. The number of aliphatic imine (C=N–C) groups is 2. The van der Waals surface area contributed by atoms with E-state index in [9.17, 15) is 0 Å². The average Bonchev–Trinajstić information content (AvgIpc) is 3.10. The van der Waals surface area contributed by atoms with Crippen molar-refractivity contribution in [1.82, 2.24) is 19.6 Å². The molecule has 284 valence electrons. The third-order valence-corrected chi connectivity index (χ3v) is 19.4. The molecule has 4 aliphatic rings. The van der Waals surface area contributed by atoms with Crippen molar-refractivity contribution in [2.75, 3.05) is 46.8 Å². The molecular weight excluding hydrogens is 767 g/mol. The summed E-state index contributed by atoms with van der Waals surface area (Å²) < 4.78 is 0.819. The normalized spacial score (nSPS) is 22.9. The average molecular weight is 841 g/mol. The van der Waals surface area contributed by atoms with Crippen LogP contribution < -0.4 is 12.4 Å². The molecule has 9 heteroatoms. The second-order valence-corrected chi connectivity index (χ2v) is 31.1. The van der Waals surface area contributed by atoms with Crippen LogP contribution in [0.5, 0.6) is 0 Å². The minimum atomic E-state index is -1.85. The molecule has 0 radical (unpaired) electrons. The molecule has 0 N–H and O–H groups in total. The molecule has 2 aliphatic carbocycles. The van der Waals surface area contributed by atoms with Gasteiger partial charge in [-0.2, -0.15) is 0 Å². The summed E-state index contributed by atoms with van der Waals surface area (Å²) in [6.07, 6.45) is 30.8. The first-order valence-corrected chi connectivity index (χ1v) is 29.0. The molecule has 0 saturated carbocycles. The summed E-state index contributed by atoms with van der Waals surface area (Å²) in [5.41, 5.74) is 2.79. The van der Waals surface area contributed by atoms with Gasteiger partial charge in [0.2, 0.25) is 0 Å². The van der Waals surface area contributed by atoms with Gasteiger partial charge in [-0.25, -0.2) is 0 Å². The maximum absolute atomic E-state index is 4.62. The molecular formula is C42H73ClMgN6Sn. The summed E-state index contributed by atoms with van der Waals surface area (Å²) >= 11 is -1.85. The quantitative estimate of drug-likeness (QED) is 0.147. The van der Waals surface area contributed by atoms with Crippen LogP contribution in [0.15, 0.2) is 82.1 Å². The third-order valence-electron chi connectivity index (χ3n) is 11.2. The second-order valence-electron chi connectivity index (χ2n) is 15.2. The molecule has 0 bridgehead atoms. The van der Waals surface area contributed by atoms with Crippen LogP contribution in [0, 0.1) is 18.8 Å². The predicted molar refractivity (Wildman–Crippen MR) is 227 cm³/mol. The van der Waals surface area contributed by atoms with Crippen molar-refractivity contribution >= 4 is 53.9 Å². The van der Waals surface area contributed by atoms with Crippen molar-refractivity contribution in [1.29, 1.82) is 0 Å². The topological polar surface area (TPSA) is 37.7 Å². The van der Waals surface area contributed by atoms with Crippen LogP contribution in [0.25, 0.3) is 0 Å². The van der Waals surface area contributed by atoms with Gasteiger partial charge in [-0.1, -0.05) is 38.7 Å². The number of allylic oxidation sites excluding steroid dienone is 6. The predicted octanol–water partition coefficient (Wildman–Crippen LogP) is 5.34. The maximum atomic E-state index is 4.62. The molecule has 7 unspecified atom stereocenters. The van der Waals surface area contributed by atoms with Crippen molar-refractivity contribution in [3.8, 4) is 0 Å². The van der Waals surface area contributed by atoms with Crippen LogP contribution in [-0.2, 0) is 0 Å². The van der Waals surface area contributed by atoms with Crippen LogP contribution in [0.3, 0.4) is 0 Å². The fraction of sp³-hybridized carbons (Fsp3) is 0.643. The van der Waals surface area contributed by atoms with E-state index in [-0.39, 0.29) is 55.0 Å². The van der Waals surface area contributed by atoms with E-state index in [0.29, 0.717) is 23.9 Å². The Morgan fingerprint density at radius 3 is 1.55 bits per heavy atom. The van der Waals surface area contributed by atoms with Crippen LogP contribution >= 0.6 is 0 Å². The summed E-state index contributed by atoms with van der Waals surface area (Å²) in [6, 6.07) is 1.66. The molecule has 0 spiro atoms. The number of fused-ring (bicyclic) bond motifs is 2. The number of hydrogen-bond acceptors (Lipinski definition) is 6. The van der Waals surface area contributed by atoms with Crippen LogP contribution in [0.2, 0.25) is 14.8 Å². The Labute approximate surface area is 341 Å². The van der Waals surface area contributed by atoms with Gasteiger partial charge in [0, 0.05) is 30.9 Å². The molecule has 2 heterocycles. The third kappa shape index (κ3) is 15.1. The fourth-order valence-corrected chi connectivity index (χ4v) is 11.1. The first kappa shape index (κ1) is 50.2. The van der Waals surface area contributed by atoms with Gasteiger partial charge >= 0.3 is 189 Å². The van der Waals surface area contributed by atoms with Gasteiger partial charge in [0.15, 0.2) is 0 Å². The fourth-order valence-electron chi connectivity index (χ4n) is 7.09. The van der Waals surface area contributed by atoms with Crippen LogP contribution in [0.4, 0.5) is 0 Å². The van der Waals surface area contributed by atoms with Gasteiger partial charge in [-0.05, 0) is 38.9 Å². The van der Waals surface area contributed by atoms with E-state index >= 15 is 0 Å². The summed E-state index contributed by atoms with van der Waals surface area (Å²) in [5, 5.41) is 0. The van der Waals surface area contributed by atoms with E-state index in [0.717, 1.165) is 23.7 Å².